The van der Waals surface area contributed by atoms with Gasteiger partial charge in [0.1, 0.15) is 12.4 Å². The lowest BCUT2D eigenvalue weighted by Crippen LogP contribution is -2.00. The van der Waals surface area contributed by atoms with Gasteiger partial charge in [-0.3, -0.25) is 9.48 Å². The van der Waals surface area contributed by atoms with Crippen molar-refractivity contribution < 1.29 is 9.53 Å². The number of benzene rings is 2. The van der Waals surface area contributed by atoms with E-state index in [-0.39, 0.29) is 11.8 Å². The molecule has 0 saturated carbocycles. The zero-order chi connectivity index (χ0) is 18.4. The Morgan fingerprint density at radius 2 is 1.85 bits per heavy atom. The lowest BCUT2D eigenvalue weighted by molar-refractivity contribution is 0.104. The third-order valence-electron chi connectivity index (χ3n) is 3.97. The summed E-state index contributed by atoms with van der Waals surface area (Å²) in [5.74, 6) is 0.747. The summed E-state index contributed by atoms with van der Waals surface area (Å²) in [6.07, 6.45) is 6.75. The van der Waals surface area contributed by atoms with Crippen molar-refractivity contribution in [3.8, 4) is 5.75 Å². The zero-order valence-electron chi connectivity index (χ0n) is 15.0. The van der Waals surface area contributed by atoms with Crippen LogP contribution in [-0.4, -0.2) is 15.6 Å². The molecule has 0 unspecified atom stereocenters. The molecule has 2 aromatic carbocycles. The van der Waals surface area contributed by atoms with E-state index in [1.54, 1.807) is 29.2 Å². The molecule has 0 aliphatic rings. The zero-order valence-corrected chi connectivity index (χ0v) is 15.0. The molecule has 0 aliphatic heterocycles. The normalized spacial score (nSPS) is 11.2. The topological polar surface area (TPSA) is 44.1 Å². The monoisotopic (exact) mass is 346 g/mol. The van der Waals surface area contributed by atoms with Gasteiger partial charge in [-0.2, -0.15) is 5.10 Å². The molecular formula is C22H22N2O2. The molecule has 1 heterocycles. The third-order valence-corrected chi connectivity index (χ3v) is 3.97. The van der Waals surface area contributed by atoms with E-state index < -0.39 is 0 Å². The van der Waals surface area contributed by atoms with Crippen LogP contribution in [-0.2, 0) is 6.61 Å². The van der Waals surface area contributed by atoms with E-state index in [2.05, 4.69) is 5.10 Å². The SMILES string of the molecule is CC(C)n1cc(C(=O)/C=C/c2ccc(OCc3ccccc3)cc2)cn1. The van der Waals surface area contributed by atoms with E-state index in [1.807, 2.05) is 68.4 Å². The van der Waals surface area contributed by atoms with E-state index in [1.165, 1.54) is 0 Å². The van der Waals surface area contributed by atoms with Gasteiger partial charge in [0.05, 0.1) is 11.8 Å². The van der Waals surface area contributed by atoms with Crippen LogP contribution in [0.3, 0.4) is 0 Å². The van der Waals surface area contributed by atoms with Crippen molar-refractivity contribution >= 4 is 11.9 Å². The predicted molar refractivity (Wildman–Crippen MR) is 103 cm³/mol. The highest BCUT2D eigenvalue weighted by atomic mass is 16.5. The molecule has 0 saturated heterocycles. The van der Waals surface area contributed by atoms with Crippen LogP contribution in [0.5, 0.6) is 5.75 Å². The fourth-order valence-corrected chi connectivity index (χ4v) is 2.43. The summed E-state index contributed by atoms with van der Waals surface area (Å²) in [5.41, 5.74) is 2.67. The number of allylic oxidation sites excluding steroid dienone is 1. The van der Waals surface area contributed by atoms with Crippen LogP contribution in [0.2, 0.25) is 0 Å². The van der Waals surface area contributed by atoms with Crippen molar-refractivity contribution in [2.75, 3.05) is 0 Å². The van der Waals surface area contributed by atoms with Crippen LogP contribution in [0, 0.1) is 0 Å². The smallest absolute Gasteiger partial charge is 0.189 e. The molecule has 0 spiro atoms. The lowest BCUT2D eigenvalue weighted by Gasteiger charge is -2.06. The van der Waals surface area contributed by atoms with Crippen LogP contribution >= 0.6 is 0 Å². The van der Waals surface area contributed by atoms with Gasteiger partial charge in [0.2, 0.25) is 0 Å². The molecule has 0 aliphatic carbocycles. The maximum absolute atomic E-state index is 12.2. The quantitative estimate of drug-likeness (QED) is 0.450. The van der Waals surface area contributed by atoms with Crippen LogP contribution < -0.4 is 4.74 Å². The largest absolute Gasteiger partial charge is 0.489 e. The van der Waals surface area contributed by atoms with E-state index >= 15 is 0 Å². The molecule has 0 amide bonds. The second-order valence-corrected chi connectivity index (χ2v) is 6.34. The van der Waals surface area contributed by atoms with E-state index in [4.69, 9.17) is 4.74 Å². The van der Waals surface area contributed by atoms with Gasteiger partial charge in [0, 0.05) is 12.2 Å². The number of ketones is 1. The average Bonchev–Trinajstić information content (AvgIpc) is 3.17. The molecule has 3 rings (SSSR count). The second-order valence-electron chi connectivity index (χ2n) is 6.34. The van der Waals surface area contributed by atoms with Crippen LogP contribution in [0.1, 0.15) is 41.4 Å². The molecule has 0 fully saturated rings. The molecule has 1 aromatic heterocycles. The molecule has 132 valence electrons. The molecule has 0 radical (unpaired) electrons. The van der Waals surface area contributed by atoms with Crippen LogP contribution in [0.25, 0.3) is 6.08 Å². The number of rotatable bonds is 7. The summed E-state index contributed by atoms with van der Waals surface area (Å²) >= 11 is 0. The summed E-state index contributed by atoms with van der Waals surface area (Å²) in [6.45, 7) is 4.59. The molecule has 4 nitrogen and oxygen atoms in total. The Bertz CT molecular complexity index is 878. The Morgan fingerprint density at radius 3 is 2.50 bits per heavy atom. The first-order chi connectivity index (χ1) is 12.6. The van der Waals surface area contributed by atoms with Crippen LogP contribution in [0.4, 0.5) is 0 Å². The van der Waals surface area contributed by atoms with Crippen molar-refractivity contribution in [1.29, 1.82) is 0 Å². The molecule has 4 heteroatoms. The summed E-state index contributed by atoms with van der Waals surface area (Å²) in [5, 5.41) is 4.19. The Kier molecular flexibility index (Phi) is 5.64. The first-order valence-corrected chi connectivity index (χ1v) is 8.65. The maximum Gasteiger partial charge on any atom is 0.189 e. The molecule has 3 aromatic rings. The van der Waals surface area contributed by atoms with Gasteiger partial charge in [-0.1, -0.05) is 48.5 Å². The van der Waals surface area contributed by atoms with Gasteiger partial charge in [-0.05, 0) is 43.2 Å². The second kappa shape index (κ2) is 8.30. The number of aromatic nitrogens is 2. The Balaban J connectivity index is 1.57. The molecule has 0 N–H and O–H groups in total. The number of carbonyl (C=O) groups excluding carboxylic acids is 1. The van der Waals surface area contributed by atoms with E-state index in [9.17, 15) is 4.79 Å². The summed E-state index contributed by atoms with van der Waals surface area (Å²) < 4.78 is 7.54. The van der Waals surface area contributed by atoms with Crippen molar-refractivity contribution in [2.45, 2.75) is 26.5 Å². The van der Waals surface area contributed by atoms with Crippen molar-refractivity contribution in [3.63, 3.8) is 0 Å². The first-order valence-electron chi connectivity index (χ1n) is 8.65. The maximum atomic E-state index is 12.2. The molecule has 0 bridgehead atoms. The Morgan fingerprint density at radius 1 is 1.12 bits per heavy atom. The van der Waals surface area contributed by atoms with Gasteiger partial charge in [-0.25, -0.2) is 0 Å². The number of ether oxygens (including phenoxy) is 1. The lowest BCUT2D eigenvalue weighted by atomic mass is 10.1. The fraction of sp³-hybridized carbons (Fsp3) is 0.182. The van der Waals surface area contributed by atoms with Gasteiger partial charge < -0.3 is 4.74 Å². The third kappa shape index (κ3) is 4.70. The van der Waals surface area contributed by atoms with Gasteiger partial charge in [0.15, 0.2) is 5.78 Å². The standard InChI is InChI=1S/C22H22N2O2/c1-17(2)24-15-20(14-23-24)22(25)13-10-18-8-11-21(12-9-18)26-16-19-6-4-3-5-7-19/h3-15,17H,16H2,1-2H3/b13-10+. The van der Waals surface area contributed by atoms with Crippen molar-refractivity contribution in [1.82, 2.24) is 9.78 Å². The average molecular weight is 346 g/mol. The summed E-state index contributed by atoms with van der Waals surface area (Å²) in [4.78, 5) is 12.2. The number of nitrogens with zero attached hydrogens (tertiary/aromatic N) is 2. The highest BCUT2D eigenvalue weighted by molar-refractivity contribution is 6.06. The first kappa shape index (κ1) is 17.7. The minimum Gasteiger partial charge on any atom is -0.489 e. The number of hydrogen-bond acceptors (Lipinski definition) is 3. The Hall–Kier alpha value is -3.14. The fourth-order valence-electron chi connectivity index (χ4n) is 2.43. The molecule has 26 heavy (non-hydrogen) atoms. The van der Waals surface area contributed by atoms with E-state index in [0.29, 0.717) is 12.2 Å². The Labute approximate surface area is 153 Å². The minimum absolute atomic E-state index is 0.0543. The summed E-state index contributed by atoms with van der Waals surface area (Å²) in [7, 11) is 0. The molecular weight excluding hydrogens is 324 g/mol. The van der Waals surface area contributed by atoms with Crippen molar-refractivity contribution in [2.24, 2.45) is 0 Å². The highest BCUT2D eigenvalue weighted by Crippen LogP contribution is 2.15. The highest BCUT2D eigenvalue weighted by Gasteiger charge is 2.07. The number of carbonyl (C=O) groups is 1. The van der Waals surface area contributed by atoms with Crippen LogP contribution in [0.15, 0.2) is 73.1 Å². The van der Waals surface area contributed by atoms with Gasteiger partial charge >= 0.3 is 0 Å². The summed E-state index contributed by atoms with van der Waals surface area (Å²) in [6, 6.07) is 18.0. The van der Waals surface area contributed by atoms with Crippen molar-refractivity contribution in [3.05, 3.63) is 89.8 Å². The van der Waals surface area contributed by atoms with Gasteiger partial charge in [0.25, 0.3) is 0 Å². The molecule has 0 atom stereocenters. The number of hydrogen-bond donors (Lipinski definition) is 0. The predicted octanol–water partition coefficient (Wildman–Crippen LogP) is 4.94. The van der Waals surface area contributed by atoms with E-state index in [0.717, 1.165) is 16.9 Å². The van der Waals surface area contributed by atoms with Gasteiger partial charge in [-0.15, -0.1) is 0 Å². The minimum atomic E-state index is -0.0543.